The van der Waals surface area contributed by atoms with Crippen LogP contribution in [0.25, 0.3) is 0 Å². The molecule has 1 aromatic heterocycles. The fraction of sp³-hybridized carbons (Fsp3) is 0.400. The molecule has 1 saturated heterocycles. The first kappa shape index (κ1) is 17.3. The van der Waals surface area contributed by atoms with Crippen LogP contribution in [0.1, 0.15) is 31.0 Å². The number of nitrogens with one attached hydrogen (secondary N) is 1. The van der Waals surface area contributed by atoms with E-state index < -0.39 is 0 Å². The summed E-state index contributed by atoms with van der Waals surface area (Å²) in [6, 6.07) is 14.3. The SMILES string of the molecule is CC(C)c1ccccc1N1CCN(C(=O)NCc2ccccn2)CC1. The molecule has 0 unspecified atom stereocenters. The Labute approximate surface area is 149 Å². The second-order valence-corrected chi connectivity index (χ2v) is 6.67. The first-order valence-electron chi connectivity index (χ1n) is 8.91. The summed E-state index contributed by atoms with van der Waals surface area (Å²) in [6.45, 7) is 8.11. The molecule has 2 aromatic rings. The molecular weight excluding hydrogens is 312 g/mol. The third-order valence-corrected chi connectivity index (χ3v) is 4.61. The number of carbonyl (C=O) groups is 1. The third-order valence-electron chi connectivity index (χ3n) is 4.61. The van der Waals surface area contributed by atoms with Gasteiger partial charge in [0.15, 0.2) is 0 Å². The molecule has 0 saturated carbocycles. The maximum atomic E-state index is 12.4. The second-order valence-electron chi connectivity index (χ2n) is 6.67. The normalized spacial score (nSPS) is 14.7. The van der Waals surface area contributed by atoms with Gasteiger partial charge in [-0.15, -0.1) is 0 Å². The van der Waals surface area contributed by atoms with Gasteiger partial charge in [-0.05, 0) is 29.7 Å². The van der Waals surface area contributed by atoms with Crippen LogP contribution in [0, 0.1) is 0 Å². The number of urea groups is 1. The van der Waals surface area contributed by atoms with Crippen LogP contribution < -0.4 is 10.2 Å². The van der Waals surface area contributed by atoms with E-state index in [1.165, 1.54) is 11.3 Å². The highest BCUT2D eigenvalue weighted by Crippen LogP contribution is 2.28. The molecule has 0 spiro atoms. The van der Waals surface area contributed by atoms with Crippen molar-refractivity contribution in [2.24, 2.45) is 0 Å². The first-order chi connectivity index (χ1) is 12.1. The average molecular weight is 338 g/mol. The van der Waals surface area contributed by atoms with Crippen molar-refractivity contribution in [3.8, 4) is 0 Å². The molecule has 1 N–H and O–H groups in total. The Morgan fingerprint density at radius 1 is 1.08 bits per heavy atom. The van der Waals surface area contributed by atoms with E-state index >= 15 is 0 Å². The molecule has 3 rings (SSSR count). The van der Waals surface area contributed by atoms with E-state index in [-0.39, 0.29) is 6.03 Å². The van der Waals surface area contributed by atoms with E-state index in [2.05, 4.69) is 53.3 Å². The van der Waals surface area contributed by atoms with Crippen LogP contribution >= 0.6 is 0 Å². The van der Waals surface area contributed by atoms with Gasteiger partial charge in [0.05, 0.1) is 12.2 Å². The fourth-order valence-electron chi connectivity index (χ4n) is 3.19. The number of aromatic nitrogens is 1. The van der Waals surface area contributed by atoms with E-state index in [4.69, 9.17) is 0 Å². The minimum absolute atomic E-state index is 0.0116. The van der Waals surface area contributed by atoms with Crippen molar-refractivity contribution in [3.63, 3.8) is 0 Å². The van der Waals surface area contributed by atoms with Gasteiger partial charge >= 0.3 is 6.03 Å². The minimum atomic E-state index is -0.0116. The Bertz CT molecular complexity index is 694. The summed E-state index contributed by atoms with van der Waals surface area (Å²) in [5.74, 6) is 0.496. The monoisotopic (exact) mass is 338 g/mol. The van der Waals surface area contributed by atoms with E-state index in [0.29, 0.717) is 12.5 Å². The number of pyridine rings is 1. The van der Waals surface area contributed by atoms with Crippen molar-refractivity contribution in [1.29, 1.82) is 0 Å². The molecule has 0 bridgehead atoms. The van der Waals surface area contributed by atoms with Crippen molar-refractivity contribution in [2.75, 3.05) is 31.1 Å². The molecule has 132 valence electrons. The lowest BCUT2D eigenvalue weighted by Gasteiger charge is -2.37. The van der Waals surface area contributed by atoms with Crippen LogP contribution in [-0.4, -0.2) is 42.1 Å². The van der Waals surface area contributed by atoms with Crippen molar-refractivity contribution in [1.82, 2.24) is 15.2 Å². The number of piperazine rings is 1. The third kappa shape index (κ3) is 4.29. The molecule has 5 heteroatoms. The standard InChI is InChI=1S/C20H26N4O/c1-16(2)18-8-3-4-9-19(18)23-11-13-24(14-12-23)20(25)22-15-17-7-5-6-10-21-17/h3-10,16H,11-15H2,1-2H3,(H,22,25). The molecule has 1 aliphatic rings. The van der Waals surface area contributed by atoms with Crippen LogP contribution in [0.3, 0.4) is 0 Å². The highest BCUT2D eigenvalue weighted by molar-refractivity contribution is 5.74. The average Bonchev–Trinajstić information content (AvgIpc) is 2.67. The van der Waals surface area contributed by atoms with Gasteiger partial charge in [0.2, 0.25) is 0 Å². The minimum Gasteiger partial charge on any atom is -0.368 e. The number of hydrogen-bond donors (Lipinski definition) is 1. The van der Waals surface area contributed by atoms with E-state index in [1.54, 1.807) is 6.20 Å². The van der Waals surface area contributed by atoms with Crippen LogP contribution in [0.2, 0.25) is 0 Å². The summed E-state index contributed by atoms with van der Waals surface area (Å²) in [5, 5.41) is 2.96. The Balaban J connectivity index is 1.54. The van der Waals surface area contributed by atoms with Crippen LogP contribution in [0.4, 0.5) is 10.5 Å². The Hall–Kier alpha value is -2.56. The van der Waals surface area contributed by atoms with Crippen molar-refractivity contribution in [2.45, 2.75) is 26.3 Å². The summed E-state index contributed by atoms with van der Waals surface area (Å²) in [6.07, 6.45) is 1.74. The predicted octanol–water partition coefficient (Wildman–Crippen LogP) is 3.24. The maximum Gasteiger partial charge on any atom is 0.317 e. The largest absolute Gasteiger partial charge is 0.368 e. The van der Waals surface area contributed by atoms with Gasteiger partial charge in [-0.25, -0.2) is 4.79 Å². The van der Waals surface area contributed by atoms with E-state index in [1.807, 2.05) is 23.1 Å². The van der Waals surface area contributed by atoms with Gasteiger partial charge < -0.3 is 15.1 Å². The number of para-hydroxylation sites is 1. The van der Waals surface area contributed by atoms with Crippen molar-refractivity contribution in [3.05, 3.63) is 59.9 Å². The van der Waals surface area contributed by atoms with E-state index in [9.17, 15) is 4.79 Å². The number of benzene rings is 1. The van der Waals surface area contributed by atoms with Crippen LogP contribution in [0.15, 0.2) is 48.7 Å². The zero-order valence-corrected chi connectivity index (χ0v) is 15.0. The number of hydrogen-bond acceptors (Lipinski definition) is 3. The van der Waals surface area contributed by atoms with Gasteiger partial charge in [-0.1, -0.05) is 38.1 Å². The molecule has 25 heavy (non-hydrogen) atoms. The highest BCUT2D eigenvalue weighted by atomic mass is 16.2. The lowest BCUT2D eigenvalue weighted by Crippen LogP contribution is -2.52. The van der Waals surface area contributed by atoms with Gasteiger partial charge in [-0.3, -0.25) is 4.98 Å². The van der Waals surface area contributed by atoms with Crippen molar-refractivity contribution < 1.29 is 4.79 Å². The first-order valence-corrected chi connectivity index (χ1v) is 8.91. The molecule has 0 radical (unpaired) electrons. The summed E-state index contributed by atoms with van der Waals surface area (Å²) >= 11 is 0. The van der Waals surface area contributed by atoms with Gasteiger partial charge in [-0.2, -0.15) is 0 Å². The number of rotatable bonds is 4. The van der Waals surface area contributed by atoms with E-state index in [0.717, 1.165) is 31.9 Å². The molecule has 0 atom stereocenters. The Morgan fingerprint density at radius 3 is 2.48 bits per heavy atom. The maximum absolute atomic E-state index is 12.4. The molecule has 5 nitrogen and oxygen atoms in total. The molecule has 2 heterocycles. The smallest absolute Gasteiger partial charge is 0.317 e. The topological polar surface area (TPSA) is 48.5 Å². The summed E-state index contributed by atoms with van der Waals surface area (Å²) in [4.78, 5) is 20.9. The van der Waals surface area contributed by atoms with Crippen LogP contribution in [-0.2, 0) is 6.54 Å². The Morgan fingerprint density at radius 2 is 1.80 bits per heavy atom. The number of carbonyl (C=O) groups excluding carboxylic acids is 1. The predicted molar refractivity (Wildman–Crippen MR) is 101 cm³/mol. The van der Waals surface area contributed by atoms with Crippen molar-refractivity contribution >= 4 is 11.7 Å². The van der Waals surface area contributed by atoms with Crippen LogP contribution in [0.5, 0.6) is 0 Å². The quantitative estimate of drug-likeness (QED) is 0.931. The number of nitrogens with zero attached hydrogens (tertiary/aromatic N) is 3. The second kappa shape index (κ2) is 8.01. The zero-order valence-electron chi connectivity index (χ0n) is 15.0. The lowest BCUT2D eigenvalue weighted by atomic mass is 10.00. The lowest BCUT2D eigenvalue weighted by molar-refractivity contribution is 0.193. The molecule has 1 aromatic carbocycles. The van der Waals surface area contributed by atoms with Gasteiger partial charge in [0.1, 0.15) is 0 Å². The molecule has 1 fully saturated rings. The molecule has 0 aliphatic carbocycles. The molecule has 2 amide bonds. The fourth-order valence-corrected chi connectivity index (χ4v) is 3.19. The zero-order chi connectivity index (χ0) is 17.6. The number of anilines is 1. The highest BCUT2D eigenvalue weighted by Gasteiger charge is 2.22. The molecule has 1 aliphatic heterocycles. The number of amides is 2. The van der Waals surface area contributed by atoms with Gasteiger partial charge in [0.25, 0.3) is 0 Å². The summed E-state index contributed by atoms with van der Waals surface area (Å²) < 4.78 is 0. The summed E-state index contributed by atoms with van der Waals surface area (Å²) in [5.41, 5.74) is 3.54. The Kier molecular flexibility index (Phi) is 5.53. The molecular formula is C20H26N4O. The van der Waals surface area contributed by atoms with Gasteiger partial charge in [0, 0.05) is 38.1 Å². The summed E-state index contributed by atoms with van der Waals surface area (Å²) in [7, 11) is 0.